The summed E-state index contributed by atoms with van der Waals surface area (Å²) in [5, 5.41) is 3.31. The Morgan fingerprint density at radius 2 is 1.72 bits per heavy atom. The number of hydrogen-bond acceptors (Lipinski definition) is 2. The molecule has 4 heteroatoms. The summed E-state index contributed by atoms with van der Waals surface area (Å²) in [6.07, 6.45) is 0.659. The molecule has 0 spiro atoms. The first-order valence-corrected chi connectivity index (χ1v) is 6.18. The van der Waals surface area contributed by atoms with Crippen LogP contribution in [-0.4, -0.2) is 18.2 Å². The predicted molar refractivity (Wildman–Crippen MR) is 68.8 cm³/mol. The Morgan fingerprint density at radius 3 is 2.17 bits per heavy atom. The fraction of sp³-hybridized carbons (Fsp3) is 0.571. The SMILES string of the molecule is CCC(CNC(C)(C)C)Oc1cc(F)cc(F)c1. The van der Waals surface area contributed by atoms with Crippen LogP contribution in [0.5, 0.6) is 5.75 Å². The zero-order valence-electron chi connectivity index (χ0n) is 11.4. The molecule has 0 aliphatic carbocycles. The maximum absolute atomic E-state index is 13.0. The largest absolute Gasteiger partial charge is 0.489 e. The monoisotopic (exact) mass is 257 g/mol. The lowest BCUT2D eigenvalue weighted by Crippen LogP contribution is -2.42. The molecule has 2 nitrogen and oxygen atoms in total. The van der Waals surface area contributed by atoms with E-state index in [2.05, 4.69) is 26.1 Å². The van der Waals surface area contributed by atoms with Crippen LogP contribution in [0.4, 0.5) is 8.78 Å². The second kappa shape index (κ2) is 6.14. The summed E-state index contributed by atoms with van der Waals surface area (Å²) in [7, 11) is 0. The van der Waals surface area contributed by atoms with E-state index in [0.717, 1.165) is 12.5 Å². The van der Waals surface area contributed by atoms with Crippen LogP contribution in [0.15, 0.2) is 18.2 Å². The molecule has 0 bridgehead atoms. The van der Waals surface area contributed by atoms with Gasteiger partial charge in [0.05, 0.1) is 0 Å². The number of rotatable bonds is 5. The molecular formula is C14H21F2NO. The average Bonchev–Trinajstić information content (AvgIpc) is 2.21. The number of ether oxygens (including phenoxy) is 1. The van der Waals surface area contributed by atoms with Crippen LogP contribution in [0.3, 0.4) is 0 Å². The molecule has 1 atom stereocenters. The molecule has 0 aliphatic heterocycles. The summed E-state index contributed by atoms with van der Waals surface area (Å²) in [6, 6.07) is 3.23. The van der Waals surface area contributed by atoms with Gasteiger partial charge in [-0.2, -0.15) is 0 Å². The van der Waals surface area contributed by atoms with Crippen molar-refractivity contribution in [3.63, 3.8) is 0 Å². The van der Waals surface area contributed by atoms with Crippen molar-refractivity contribution in [3.8, 4) is 5.75 Å². The molecule has 1 N–H and O–H groups in total. The first kappa shape index (κ1) is 14.9. The normalized spacial score (nSPS) is 13.4. The van der Waals surface area contributed by atoms with E-state index >= 15 is 0 Å². The molecule has 0 radical (unpaired) electrons. The van der Waals surface area contributed by atoms with E-state index in [4.69, 9.17) is 4.74 Å². The van der Waals surface area contributed by atoms with Crippen molar-refractivity contribution in [2.45, 2.75) is 45.8 Å². The first-order chi connectivity index (χ1) is 8.30. The highest BCUT2D eigenvalue weighted by molar-refractivity contribution is 5.24. The third-order valence-electron chi connectivity index (χ3n) is 2.45. The summed E-state index contributed by atoms with van der Waals surface area (Å²) in [6.45, 7) is 8.79. The minimum absolute atomic E-state index is 0.00995. The maximum Gasteiger partial charge on any atom is 0.129 e. The molecule has 18 heavy (non-hydrogen) atoms. The fourth-order valence-corrected chi connectivity index (χ4v) is 1.48. The van der Waals surface area contributed by atoms with Gasteiger partial charge in [0.25, 0.3) is 0 Å². The molecular weight excluding hydrogens is 236 g/mol. The van der Waals surface area contributed by atoms with Crippen LogP contribution in [0.2, 0.25) is 0 Å². The zero-order chi connectivity index (χ0) is 13.8. The third kappa shape index (κ3) is 5.45. The van der Waals surface area contributed by atoms with Crippen molar-refractivity contribution in [1.29, 1.82) is 0 Å². The van der Waals surface area contributed by atoms with Gasteiger partial charge in [-0.3, -0.25) is 0 Å². The molecule has 0 fully saturated rings. The minimum Gasteiger partial charge on any atom is -0.489 e. The predicted octanol–water partition coefficient (Wildman–Crippen LogP) is 3.51. The molecule has 1 aromatic carbocycles. The lowest BCUT2D eigenvalue weighted by molar-refractivity contribution is 0.180. The number of hydrogen-bond donors (Lipinski definition) is 1. The van der Waals surface area contributed by atoms with Crippen LogP contribution in [0.1, 0.15) is 34.1 Å². The third-order valence-corrected chi connectivity index (χ3v) is 2.45. The van der Waals surface area contributed by atoms with Gasteiger partial charge in [0.2, 0.25) is 0 Å². The van der Waals surface area contributed by atoms with Gasteiger partial charge in [-0.15, -0.1) is 0 Å². The van der Waals surface area contributed by atoms with Crippen LogP contribution >= 0.6 is 0 Å². The molecule has 0 aromatic heterocycles. The van der Waals surface area contributed by atoms with Crippen molar-refractivity contribution in [2.75, 3.05) is 6.54 Å². The van der Waals surface area contributed by atoms with Gasteiger partial charge < -0.3 is 10.1 Å². The Balaban J connectivity index is 2.62. The lowest BCUT2D eigenvalue weighted by atomic mass is 10.1. The van der Waals surface area contributed by atoms with Crippen molar-refractivity contribution >= 4 is 0 Å². The van der Waals surface area contributed by atoms with E-state index in [1.54, 1.807) is 0 Å². The van der Waals surface area contributed by atoms with Gasteiger partial charge in [-0.05, 0) is 27.2 Å². The molecule has 0 heterocycles. The Hall–Kier alpha value is -1.16. The second-order valence-electron chi connectivity index (χ2n) is 5.38. The van der Waals surface area contributed by atoms with E-state index in [0.29, 0.717) is 6.54 Å². The number of benzene rings is 1. The molecule has 0 saturated carbocycles. The number of halogens is 2. The van der Waals surface area contributed by atoms with E-state index in [9.17, 15) is 8.78 Å². The first-order valence-electron chi connectivity index (χ1n) is 6.18. The molecule has 1 rings (SSSR count). The summed E-state index contributed by atoms with van der Waals surface area (Å²) >= 11 is 0. The Kier molecular flexibility index (Phi) is 5.08. The average molecular weight is 257 g/mol. The van der Waals surface area contributed by atoms with Crippen molar-refractivity contribution < 1.29 is 13.5 Å². The molecule has 1 aromatic rings. The maximum atomic E-state index is 13.0. The van der Waals surface area contributed by atoms with E-state index in [1.807, 2.05) is 6.92 Å². The molecule has 0 amide bonds. The van der Waals surface area contributed by atoms with Crippen molar-refractivity contribution in [2.24, 2.45) is 0 Å². The Labute approximate surface area is 107 Å². The fourth-order valence-electron chi connectivity index (χ4n) is 1.48. The quantitative estimate of drug-likeness (QED) is 0.871. The smallest absolute Gasteiger partial charge is 0.129 e. The highest BCUT2D eigenvalue weighted by atomic mass is 19.1. The summed E-state index contributed by atoms with van der Waals surface area (Å²) in [5.41, 5.74) is -0.00995. The van der Waals surface area contributed by atoms with E-state index in [1.165, 1.54) is 12.1 Å². The summed E-state index contributed by atoms with van der Waals surface area (Å²) in [4.78, 5) is 0. The summed E-state index contributed by atoms with van der Waals surface area (Å²) < 4.78 is 31.6. The van der Waals surface area contributed by atoms with Crippen molar-refractivity contribution in [1.82, 2.24) is 5.32 Å². The van der Waals surface area contributed by atoms with Crippen LogP contribution in [-0.2, 0) is 0 Å². The Morgan fingerprint density at radius 1 is 1.17 bits per heavy atom. The summed E-state index contributed by atoms with van der Waals surface area (Å²) in [5.74, 6) is -1.01. The number of nitrogens with one attached hydrogen (secondary N) is 1. The highest BCUT2D eigenvalue weighted by Crippen LogP contribution is 2.17. The van der Waals surface area contributed by atoms with Crippen LogP contribution < -0.4 is 10.1 Å². The van der Waals surface area contributed by atoms with Crippen LogP contribution in [0.25, 0.3) is 0 Å². The van der Waals surface area contributed by atoms with Gasteiger partial charge in [-0.25, -0.2) is 8.78 Å². The molecule has 102 valence electrons. The van der Waals surface area contributed by atoms with E-state index < -0.39 is 11.6 Å². The van der Waals surface area contributed by atoms with Crippen molar-refractivity contribution in [3.05, 3.63) is 29.8 Å². The highest BCUT2D eigenvalue weighted by Gasteiger charge is 2.14. The topological polar surface area (TPSA) is 21.3 Å². The standard InChI is InChI=1S/C14H21F2NO/c1-5-12(9-17-14(2,3)4)18-13-7-10(15)6-11(16)8-13/h6-8,12,17H,5,9H2,1-4H3. The van der Waals surface area contributed by atoms with Crippen LogP contribution in [0, 0.1) is 11.6 Å². The Bertz CT molecular complexity index is 368. The van der Waals surface area contributed by atoms with Gasteiger partial charge in [-0.1, -0.05) is 6.92 Å². The minimum atomic E-state index is -0.622. The lowest BCUT2D eigenvalue weighted by Gasteiger charge is -2.25. The molecule has 0 saturated heterocycles. The van der Waals surface area contributed by atoms with Gasteiger partial charge in [0, 0.05) is 30.3 Å². The second-order valence-corrected chi connectivity index (χ2v) is 5.38. The zero-order valence-corrected chi connectivity index (χ0v) is 11.4. The van der Waals surface area contributed by atoms with Gasteiger partial charge in [0.1, 0.15) is 23.5 Å². The van der Waals surface area contributed by atoms with Gasteiger partial charge >= 0.3 is 0 Å². The van der Waals surface area contributed by atoms with Gasteiger partial charge in [0.15, 0.2) is 0 Å². The molecule has 1 unspecified atom stereocenters. The molecule has 0 aliphatic rings. The van der Waals surface area contributed by atoms with E-state index in [-0.39, 0.29) is 17.4 Å².